The van der Waals surface area contributed by atoms with Gasteiger partial charge in [0.05, 0.1) is 0 Å². The van der Waals surface area contributed by atoms with E-state index < -0.39 is 0 Å². The molecule has 0 saturated heterocycles. The predicted octanol–water partition coefficient (Wildman–Crippen LogP) is 9.05. The molecule has 0 aliphatic rings. The summed E-state index contributed by atoms with van der Waals surface area (Å²) in [7, 11) is 0. The average molecular weight is 345 g/mol. The van der Waals surface area contributed by atoms with Crippen LogP contribution in [0.15, 0.2) is 30.3 Å². The van der Waals surface area contributed by atoms with E-state index >= 15 is 0 Å². The minimum absolute atomic E-state index is 0.798. The number of rotatable bonds is 17. The van der Waals surface area contributed by atoms with Gasteiger partial charge in [-0.25, -0.2) is 0 Å². The third-order valence-electron chi connectivity index (χ3n) is 5.58. The summed E-state index contributed by atoms with van der Waals surface area (Å²) in [5.74, 6) is 0.798. The Balaban J connectivity index is 2.13. The van der Waals surface area contributed by atoms with Crippen molar-refractivity contribution in [3.63, 3.8) is 0 Å². The van der Waals surface area contributed by atoms with Gasteiger partial charge in [-0.2, -0.15) is 0 Å². The van der Waals surface area contributed by atoms with Crippen LogP contribution in [0, 0.1) is 0 Å². The highest BCUT2D eigenvalue weighted by Crippen LogP contribution is 2.28. The van der Waals surface area contributed by atoms with Gasteiger partial charge in [0.25, 0.3) is 0 Å². The van der Waals surface area contributed by atoms with Crippen molar-refractivity contribution in [1.82, 2.24) is 0 Å². The van der Waals surface area contributed by atoms with Gasteiger partial charge in [-0.15, -0.1) is 0 Å². The molecule has 0 amide bonds. The third kappa shape index (κ3) is 12.2. The van der Waals surface area contributed by atoms with Crippen molar-refractivity contribution in [3.05, 3.63) is 35.9 Å². The van der Waals surface area contributed by atoms with E-state index in [0.29, 0.717) is 0 Å². The predicted molar refractivity (Wildman–Crippen MR) is 114 cm³/mol. The summed E-state index contributed by atoms with van der Waals surface area (Å²) in [5.41, 5.74) is 1.58. The lowest BCUT2D eigenvalue weighted by Gasteiger charge is -2.17. The summed E-state index contributed by atoms with van der Waals surface area (Å²) < 4.78 is 0. The van der Waals surface area contributed by atoms with E-state index in [1.54, 1.807) is 5.56 Å². The molecule has 0 aromatic heterocycles. The topological polar surface area (TPSA) is 0 Å². The molecule has 0 bridgehead atoms. The quantitative estimate of drug-likeness (QED) is 0.247. The molecule has 0 N–H and O–H groups in total. The van der Waals surface area contributed by atoms with Gasteiger partial charge in [0.15, 0.2) is 0 Å². The Kier molecular flexibility index (Phi) is 14.8. The Morgan fingerprint density at radius 3 is 1.40 bits per heavy atom. The lowest BCUT2D eigenvalue weighted by Crippen LogP contribution is -1.99. The Labute approximate surface area is 158 Å². The van der Waals surface area contributed by atoms with Crippen molar-refractivity contribution in [2.24, 2.45) is 0 Å². The fourth-order valence-electron chi connectivity index (χ4n) is 3.90. The highest BCUT2D eigenvalue weighted by Gasteiger charge is 2.10. The van der Waals surface area contributed by atoms with Gasteiger partial charge >= 0.3 is 0 Å². The first-order valence-electron chi connectivity index (χ1n) is 11.4. The maximum Gasteiger partial charge on any atom is -0.0162 e. The van der Waals surface area contributed by atoms with Crippen LogP contribution in [0.2, 0.25) is 0 Å². The average Bonchev–Trinajstić information content (AvgIpc) is 2.65. The molecular formula is C25H44. The van der Waals surface area contributed by atoms with Gasteiger partial charge in [0, 0.05) is 0 Å². The molecule has 0 spiro atoms. The maximum absolute atomic E-state index is 2.35. The smallest absolute Gasteiger partial charge is 0.0162 e. The second-order valence-electron chi connectivity index (χ2n) is 7.93. The van der Waals surface area contributed by atoms with Crippen LogP contribution in [0.4, 0.5) is 0 Å². The van der Waals surface area contributed by atoms with E-state index in [1.807, 2.05) is 0 Å². The van der Waals surface area contributed by atoms with Gasteiger partial charge in [-0.05, 0) is 24.3 Å². The summed E-state index contributed by atoms with van der Waals surface area (Å²) in [5, 5.41) is 0. The Bertz CT molecular complexity index is 367. The standard InChI is InChI=1S/C25H44/c1-3-5-7-9-10-11-12-13-14-17-21-24(20-16-8-6-4-2)25-22-18-15-19-23-25/h15,18-19,22-24H,3-14,16-17,20-21H2,1-2H3. The Morgan fingerprint density at radius 2 is 0.920 bits per heavy atom. The molecular weight excluding hydrogens is 300 g/mol. The molecule has 1 aromatic carbocycles. The summed E-state index contributed by atoms with van der Waals surface area (Å²) >= 11 is 0. The largest absolute Gasteiger partial charge is 0.0654 e. The molecule has 0 fully saturated rings. The van der Waals surface area contributed by atoms with Gasteiger partial charge in [-0.1, -0.05) is 134 Å². The van der Waals surface area contributed by atoms with Crippen molar-refractivity contribution in [2.45, 2.75) is 122 Å². The molecule has 144 valence electrons. The van der Waals surface area contributed by atoms with Crippen LogP contribution in [0.25, 0.3) is 0 Å². The first-order chi connectivity index (χ1) is 12.4. The molecule has 0 nitrogen and oxygen atoms in total. The van der Waals surface area contributed by atoms with Gasteiger partial charge in [0.2, 0.25) is 0 Å². The summed E-state index contributed by atoms with van der Waals surface area (Å²) in [6.45, 7) is 4.60. The third-order valence-corrected chi connectivity index (χ3v) is 5.58. The molecule has 0 heteroatoms. The minimum atomic E-state index is 0.798. The van der Waals surface area contributed by atoms with E-state index in [-0.39, 0.29) is 0 Å². The highest BCUT2D eigenvalue weighted by atomic mass is 14.2. The first kappa shape index (κ1) is 22.3. The molecule has 1 aromatic rings. The number of hydrogen-bond acceptors (Lipinski definition) is 0. The van der Waals surface area contributed by atoms with Crippen LogP contribution < -0.4 is 0 Å². The van der Waals surface area contributed by atoms with E-state index in [9.17, 15) is 0 Å². The molecule has 1 atom stereocenters. The molecule has 1 rings (SSSR count). The zero-order chi connectivity index (χ0) is 18.0. The zero-order valence-electron chi connectivity index (χ0n) is 17.3. The fourth-order valence-corrected chi connectivity index (χ4v) is 3.90. The van der Waals surface area contributed by atoms with Gasteiger partial charge in [0.1, 0.15) is 0 Å². The minimum Gasteiger partial charge on any atom is -0.0654 e. The van der Waals surface area contributed by atoms with Crippen LogP contribution in [-0.4, -0.2) is 0 Å². The highest BCUT2D eigenvalue weighted by molar-refractivity contribution is 5.19. The lowest BCUT2D eigenvalue weighted by atomic mass is 9.88. The van der Waals surface area contributed by atoms with E-state index in [1.165, 1.54) is 103 Å². The number of benzene rings is 1. The van der Waals surface area contributed by atoms with Crippen molar-refractivity contribution in [1.29, 1.82) is 0 Å². The van der Waals surface area contributed by atoms with E-state index in [0.717, 1.165) is 5.92 Å². The lowest BCUT2D eigenvalue weighted by molar-refractivity contribution is 0.487. The molecule has 0 saturated carbocycles. The van der Waals surface area contributed by atoms with Crippen LogP contribution in [0.5, 0.6) is 0 Å². The molecule has 0 radical (unpaired) electrons. The monoisotopic (exact) mass is 344 g/mol. The Morgan fingerprint density at radius 1 is 0.520 bits per heavy atom. The number of hydrogen-bond donors (Lipinski definition) is 0. The molecule has 0 heterocycles. The second-order valence-corrected chi connectivity index (χ2v) is 7.93. The second kappa shape index (κ2) is 16.7. The normalized spacial score (nSPS) is 12.4. The zero-order valence-corrected chi connectivity index (χ0v) is 17.3. The molecule has 0 aliphatic carbocycles. The van der Waals surface area contributed by atoms with E-state index in [2.05, 4.69) is 44.2 Å². The Hall–Kier alpha value is -0.780. The number of unbranched alkanes of at least 4 members (excludes halogenated alkanes) is 12. The molecule has 0 aliphatic heterocycles. The summed E-state index contributed by atoms with van der Waals surface area (Å²) in [6, 6.07) is 11.3. The van der Waals surface area contributed by atoms with Crippen LogP contribution in [-0.2, 0) is 0 Å². The maximum atomic E-state index is 2.35. The van der Waals surface area contributed by atoms with Crippen LogP contribution in [0.3, 0.4) is 0 Å². The van der Waals surface area contributed by atoms with Crippen molar-refractivity contribution in [3.8, 4) is 0 Å². The van der Waals surface area contributed by atoms with Crippen LogP contribution >= 0.6 is 0 Å². The molecule has 25 heavy (non-hydrogen) atoms. The molecule has 1 unspecified atom stereocenters. The van der Waals surface area contributed by atoms with Crippen molar-refractivity contribution < 1.29 is 0 Å². The first-order valence-corrected chi connectivity index (χ1v) is 11.4. The van der Waals surface area contributed by atoms with Gasteiger partial charge < -0.3 is 0 Å². The SMILES string of the molecule is CCCCCCCCCCCCC(CCCCCC)c1ccccc1. The fraction of sp³-hybridized carbons (Fsp3) is 0.760. The summed E-state index contributed by atoms with van der Waals surface area (Å²) in [4.78, 5) is 0. The van der Waals surface area contributed by atoms with Gasteiger partial charge in [-0.3, -0.25) is 0 Å². The van der Waals surface area contributed by atoms with Crippen LogP contribution in [0.1, 0.15) is 128 Å². The van der Waals surface area contributed by atoms with E-state index in [4.69, 9.17) is 0 Å². The summed E-state index contributed by atoms with van der Waals surface area (Å²) in [6.07, 6.45) is 22.7. The van der Waals surface area contributed by atoms with Crippen molar-refractivity contribution in [2.75, 3.05) is 0 Å². The van der Waals surface area contributed by atoms with Crippen molar-refractivity contribution >= 4 is 0 Å².